The van der Waals surface area contributed by atoms with Gasteiger partial charge in [0, 0.05) is 24.1 Å². The van der Waals surface area contributed by atoms with Gasteiger partial charge in [0.15, 0.2) is 0 Å². The van der Waals surface area contributed by atoms with Gasteiger partial charge in [-0.3, -0.25) is 9.69 Å². The predicted molar refractivity (Wildman–Crippen MR) is 53.6 cm³/mol. The van der Waals surface area contributed by atoms with Crippen LogP contribution in [0.15, 0.2) is 0 Å². The topological polar surface area (TPSA) is 66.6 Å². The summed E-state index contributed by atoms with van der Waals surface area (Å²) in [6.07, 6.45) is 0. The number of rotatable bonds is 3. The van der Waals surface area contributed by atoms with Gasteiger partial charge >= 0.3 is 0 Å². The quantitative estimate of drug-likeness (QED) is 0.636. The molecule has 0 spiro atoms. The molecule has 1 amide bonds. The lowest BCUT2D eigenvalue weighted by molar-refractivity contribution is -0.123. The van der Waals surface area contributed by atoms with E-state index in [1.54, 1.807) is 18.7 Å². The number of hydrogen-bond donors (Lipinski definition) is 2. The molecular formula is C8H16N2O2S. The number of thioether (sulfide) groups is 1. The molecule has 0 saturated carbocycles. The number of aliphatic hydroxyl groups is 1. The fourth-order valence-corrected chi connectivity index (χ4v) is 2.57. The minimum atomic E-state index is -0.314. The molecule has 1 rings (SSSR count). The standard InChI is InChI=1S/C8H16N2O2S/c1-6(8(9)12)10-2-3-13-5-7(10)4-11/h6-7,11H,2-5H2,1H3,(H2,9,12). The molecule has 76 valence electrons. The summed E-state index contributed by atoms with van der Waals surface area (Å²) < 4.78 is 0. The number of aliphatic hydroxyl groups excluding tert-OH is 1. The van der Waals surface area contributed by atoms with Crippen molar-refractivity contribution >= 4 is 17.7 Å². The van der Waals surface area contributed by atoms with Crippen LogP contribution in [-0.4, -0.2) is 52.7 Å². The summed E-state index contributed by atoms with van der Waals surface area (Å²) in [7, 11) is 0. The van der Waals surface area contributed by atoms with Crippen molar-refractivity contribution in [2.45, 2.75) is 19.0 Å². The second-order valence-corrected chi connectivity index (χ2v) is 4.38. The zero-order valence-electron chi connectivity index (χ0n) is 7.77. The second-order valence-electron chi connectivity index (χ2n) is 3.23. The van der Waals surface area contributed by atoms with Crippen LogP contribution in [0.25, 0.3) is 0 Å². The van der Waals surface area contributed by atoms with Crippen molar-refractivity contribution in [3.05, 3.63) is 0 Å². The van der Waals surface area contributed by atoms with Crippen molar-refractivity contribution in [3.63, 3.8) is 0 Å². The third-order valence-electron chi connectivity index (χ3n) is 2.39. The predicted octanol–water partition coefficient (Wildman–Crippen LogP) is -0.730. The van der Waals surface area contributed by atoms with E-state index < -0.39 is 0 Å². The molecule has 13 heavy (non-hydrogen) atoms. The van der Waals surface area contributed by atoms with E-state index in [1.807, 2.05) is 4.90 Å². The van der Waals surface area contributed by atoms with E-state index in [2.05, 4.69) is 0 Å². The SMILES string of the molecule is CC(C(N)=O)N1CCSCC1CO. The Labute approximate surface area is 82.5 Å². The number of carbonyl (C=O) groups is 1. The highest BCUT2D eigenvalue weighted by atomic mass is 32.2. The van der Waals surface area contributed by atoms with Crippen LogP contribution >= 0.6 is 11.8 Å². The average molecular weight is 204 g/mol. The Morgan fingerprint density at radius 3 is 3.08 bits per heavy atom. The summed E-state index contributed by atoms with van der Waals surface area (Å²) in [6.45, 7) is 2.73. The smallest absolute Gasteiger partial charge is 0.234 e. The molecular weight excluding hydrogens is 188 g/mol. The lowest BCUT2D eigenvalue weighted by Crippen LogP contribution is -2.53. The Balaban J connectivity index is 2.58. The molecule has 0 radical (unpaired) electrons. The first-order valence-corrected chi connectivity index (χ1v) is 5.56. The summed E-state index contributed by atoms with van der Waals surface area (Å²) >= 11 is 1.81. The maximum Gasteiger partial charge on any atom is 0.234 e. The fraction of sp³-hybridized carbons (Fsp3) is 0.875. The molecule has 0 aromatic rings. The van der Waals surface area contributed by atoms with Crippen molar-refractivity contribution in [3.8, 4) is 0 Å². The summed E-state index contributed by atoms with van der Waals surface area (Å²) in [5, 5.41) is 9.08. The highest BCUT2D eigenvalue weighted by Gasteiger charge is 2.28. The molecule has 1 aliphatic heterocycles. The van der Waals surface area contributed by atoms with Crippen LogP contribution in [0, 0.1) is 0 Å². The normalized spacial score (nSPS) is 27.1. The molecule has 0 aromatic heterocycles. The summed E-state index contributed by atoms with van der Waals surface area (Å²) in [5.74, 6) is 1.58. The molecule has 2 atom stereocenters. The number of nitrogens with zero attached hydrogens (tertiary/aromatic N) is 1. The van der Waals surface area contributed by atoms with Crippen LogP contribution in [0.4, 0.5) is 0 Å². The van der Waals surface area contributed by atoms with Gasteiger partial charge in [-0.15, -0.1) is 0 Å². The first-order chi connectivity index (χ1) is 6.16. The molecule has 0 aliphatic carbocycles. The Hall–Kier alpha value is -0.260. The molecule has 0 aromatic carbocycles. The van der Waals surface area contributed by atoms with E-state index in [4.69, 9.17) is 10.8 Å². The second kappa shape index (κ2) is 4.83. The number of carbonyl (C=O) groups excluding carboxylic acids is 1. The monoisotopic (exact) mass is 204 g/mol. The third-order valence-corrected chi connectivity index (χ3v) is 3.48. The van der Waals surface area contributed by atoms with E-state index in [9.17, 15) is 4.79 Å². The van der Waals surface area contributed by atoms with Crippen molar-refractivity contribution in [1.29, 1.82) is 0 Å². The zero-order valence-corrected chi connectivity index (χ0v) is 8.59. The van der Waals surface area contributed by atoms with Gasteiger partial charge in [0.25, 0.3) is 0 Å². The van der Waals surface area contributed by atoms with E-state index >= 15 is 0 Å². The van der Waals surface area contributed by atoms with Crippen LogP contribution in [0.5, 0.6) is 0 Å². The van der Waals surface area contributed by atoms with Crippen LogP contribution in [0.1, 0.15) is 6.92 Å². The summed E-state index contributed by atoms with van der Waals surface area (Å²) in [4.78, 5) is 12.9. The lowest BCUT2D eigenvalue weighted by atomic mass is 10.2. The molecule has 3 N–H and O–H groups in total. The van der Waals surface area contributed by atoms with E-state index in [-0.39, 0.29) is 24.6 Å². The maximum atomic E-state index is 11.0. The maximum absolute atomic E-state index is 11.0. The Morgan fingerprint density at radius 1 is 1.85 bits per heavy atom. The van der Waals surface area contributed by atoms with Gasteiger partial charge in [0.2, 0.25) is 5.91 Å². The lowest BCUT2D eigenvalue weighted by Gasteiger charge is -2.37. The zero-order chi connectivity index (χ0) is 9.84. The molecule has 1 heterocycles. The molecule has 0 bridgehead atoms. The molecule has 1 saturated heterocycles. The Kier molecular flexibility index (Phi) is 4.02. The highest BCUT2D eigenvalue weighted by molar-refractivity contribution is 7.99. The van der Waals surface area contributed by atoms with Gasteiger partial charge in [-0.2, -0.15) is 11.8 Å². The minimum Gasteiger partial charge on any atom is -0.395 e. The highest BCUT2D eigenvalue weighted by Crippen LogP contribution is 2.18. The fourth-order valence-electron chi connectivity index (χ4n) is 1.50. The van der Waals surface area contributed by atoms with Crippen LogP contribution in [0.2, 0.25) is 0 Å². The van der Waals surface area contributed by atoms with Crippen LogP contribution < -0.4 is 5.73 Å². The summed E-state index contributed by atoms with van der Waals surface area (Å²) in [5.41, 5.74) is 5.21. The van der Waals surface area contributed by atoms with Crippen molar-refractivity contribution in [1.82, 2.24) is 4.90 Å². The van der Waals surface area contributed by atoms with Crippen LogP contribution in [-0.2, 0) is 4.79 Å². The van der Waals surface area contributed by atoms with Crippen molar-refractivity contribution in [2.24, 2.45) is 5.73 Å². The van der Waals surface area contributed by atoms with Crippen molar-refractivity contribution < 1.29 is 9.90 Å². The Bertz CT molecular complexity index is 189. The largest absolute Gasteiger partial charge is 0.395 e. The van der Waals surface area contributed by atoms with E-state index in [1.165, 1.54) is 0 Å². The first kappa shape index (κ1) is 10.8. The molecule has 2 unspecified atom stereocenters. The van der Waals surface area contributed by atoms with Gasteiger partial charge in [-0.05, 0) is 6.92 Å². The van der Waals surface area contributed by atoms with Crippen LogP contribution in [0.3, 0.4) is 0 Å². The third kappa shape index (κ3) is 2.59. The minimum absolute atomic E-state index is 0.0845. The first-order valence-electron chi connectivity index (χ1n) is 4.40. The number of nitrogens with two attached hydrogens (primary N) is 1. The van der Waals surface area contributed by atoms with Gasteiger partial charge in [0.1, 0.15) is 0 Å². The molecule has 5 heteroatoms. The number of primary amides is 1. The summed E-state index contributed by atoms with van der Waals surface area (Å²) in [6, 6.07) is -0.181. The number of hydrogen-bond acceptors (Lipinski definition) is 4. The van der Waals surface area contributed by atoms with Gasteiger partial charge in [0.05, 0.1) is 12.6 Å². The average Bonchev–Trinajstić information content (AvgIpc) is 2.16. The van der Waals surface area contributed by atoms with Gasteiger partial charge < -0.3 is 10.8 Å². The molecule has 1 aliphatic rings. The Morgan fingerprint density at radius 2 is 2.54 bits per heavy atom. The number of amides is 1. The van der Waals surface area contributed by atoms with Gasteiger partial charge in [-0.1, -0.05) is 0 Å². The van der Waals surface area contributed by atoms with E-state index in [0.717, 1.165) is 18.1 Å². The van der Waals surface area contributed by atoms with Crippen molar-refractivity contribution in [2.75, 3.05) is 24.7 Å². The van der Waals surface area contributed by atoms with E-state index in [0.29, 0.717) is 0 Å². The molecule has 4 nitrogen and oxygen atoms in total. The molecule has 1 fully saturated rings. The van der Waals surface area contributed by atoms with Gasteiger partial charge in [-0.25, -0.2) is 0 Å².